The number of hydrogen-bond donors (Lipinski definition) is 0. The van der Waals surface area contributed by atoms with Gasteiger partial charge in [0.2, 0.25) is 5.91 Å². The van der Waals surface area contributed by atoms with Crippen LogP contribution in [0.25, 0.3) is 0 Å². The maximum atomic E-state index is 12.5. The molecule has 1 aromatic heterocycles. The standard InChI is InChI=1S/C18H22ClN3O3/c1-13-12-21(15-5-3-4-6-16(15)24-2)9-10-22(13)18(23)8-7-14-11-17(19)20-25-14/h3-6,11,13H,7-10,12H2,1-2H3/t13-/m0/s1. The SMILES string of the molecule is COc1ccccc1N1CCN(C(=O)CCc2cc(Cl)no2)[C@@H](C)C1. The van der Waals surface area contributed by atoms with E-state index >= 15 is 0 Å². The summed E-state index contributed by atoms with van der Waals surface area (Å²) in [5, 5.41) is 3.95. The summed E-state index contributed by atoms with van der Waals surface area (Å²) in [7, 11) is 1.68. The van der Waals surface area contributed by atoms with Crippen molar-refractivity contribution in [1.29, 1.82) is 0 Å². The average molecular weight is 364 g/mol. The predicted molar refractivity (Wildman–Crippen MR) is 96.2 cm³/mol. The van der Waals surface area contributed by atoms with Gasteiger partial charge in [-0.3, -0.25) is 4.79 Å². The molecule has 1 aliphatic heterocycles. The average Bonchev–Trinajstić information content (AvgIpc) is 3.05. The number of carbonyl (C=O) groups excluding carboxylic acids is 1. The van der Waals surface area contributed by atoms with Crippen molar-refractivity contribution in [1.82, 2.24) is 10.1 Å². The zero-order valence-electron chi connectivity index (χ0n) is 14.4. The Morgan fingerprint density at radius 3 is 2.88 bits per heavy atom. The van der Waals surface area contributed by atoms with Crippen LogP contribution in [-0.4, -0.2) is 48.7 Å². The fourth-order valence-electron chi connectivity index (χ4n) is 3.22. The molecule has 134 valence electrons. The van der Waals surface area contributed by atoms with Crippen molar-refractivity contribution in [3.8, 4) is 5.75 Å². The number of carbonyl (C=O) groups is 1. The Bertz CT molecular complexity index is 734. The van der Waals surface area contributed by atoms with E-state index in [9.17, 15) is 4.79 Å². The van der Waals surface area contributed by atoms with Crippen LogP contribution in [0.1, 0.15) is 19.1 Å². The zero-order valence-corrected chi connectivity index (χ0v) is 15.2. The summed E-state index contributed by atoms with van der Waals surface area (Å²) in [6.45, 7) is 4.32. The first-order chi connectivity index (χ1) is 12.1. The van der Waals surface area contributed by atoms with E-state index < -0.39 is 0 Å². The Morgan fingerprint density at radius 1 is 1.40 bits per heavy atom. The highest BCUT2D eigenvalue weighted by Gasteiger charge is 2.28. The molecule has 0 saturated carbocycles. The number of para-hydroxylation sites is 2. The van der Waals surface area contributed by atoms with E-state index in [2.05, 4.69) is 23.0 Å². The monoisotopic (exact) mass is 363 g/mol. The molecule has 1 fully saturated rings. The Kier molecular flexibility index (Phi) is 5.48. The van der Waals surface area contributed by atoms with Crippen LogP contribution in [0.15, 0.2) is 34.9 Å². The number of methoxy groups -OCH3 is 1. The number of amides is 1. The third-order valence-electron chi connectivity index (χ3n) is 4.49. The molecule has 0 aliphatic carbocycles. The molecule has 1 saturated heterocycles. The summed E-state index contributed by atoms with van der Waals surface area (Å²) in [5.74, 6) is 1.62. The zero-order chi connectivity index (χ0) is 17.8. The summed E-state index contributed by atoms with van der Waals surface area (Å²) in [6.07, 6.45) is 0.905. The second-order valence-electron chi connectivity index (χ2n) is 6.17. The van der Waals surface area contributed by atoms with Gasteiger partial charge in [-0.1, -0.05) is 28.9 Å². The number of hydrogen-bond acceptors (Lipinski definition) is 5. The highest BCUT2D eigenvalue weighted by Crippen LogP contribution is 2.29. The number of benzene rings is 1. The maximum absolute atomic E-state index is 12.5. The maximum Gasteiger partial charge on any atom is 0.223 e. The topological polar surface area (TPSA) is 58.8 Å². The second-order valence-corrected chi connectivity index (χ2v) is 6.56. The lowest BCUT2D eigenvalue weighted by Gasteiger charge is -2.41. The molecule has 6 nitrogen and oxygen atoms in total. The Hall–Kier alpha value is -2.21. The molecule has 0 radical (unpaired) electrons. The normalized spacial score (nSPS) is 17.6. The van der Waals surface area contributed by atoms with Crippen LogP contribution in [0, 0.1) is 0 Å². The molecule has 0 bridgehead atoms. The first-order valence-corrected chi connectivity index (χ1v) is 8.75. The molecule has 7 heteroatoms. The number of anilines is 1. The van der Waals surface area contributed by atoms with Crippen LogP contribution in [0.5, 0.6) is 5.75 Å². The lowest BCUT2D eigenvalue weighted by molar-refractivity contribution is -0.133. The first kappa shape index (κ1) is 17.6. The Balaban J connectivity index is 1.58. The van der Waals surface area contributed by atoms with E-state index in [0.717, 1.165) is 24.5 Å². The van der Waals surface area contributed by atoms with Crippen LogP contribution < -0.4 is 9.64 Å². The minimum Gasteiger partial charge on any atom is -0.495 e. The highest BCUT2D eigenvalue weighted by molar-refractivity contribution is 6.29. The number of rotatable bonds is 5. The predicted octanol–water partition coefficient (Wildman–Crippen LogP) is 3.01. The molecule has 0 unspecified atom stereocenters. The molecule has 2 heterocycles. The number of piperazine rings is 1. The molecule has 1 aliphatic rings. The molecule has 25 heavy (non-hydrogen) atoms. The van der Waals surface area contributed by atoms with E-state index in [0.29, 0.717) is 30.3 Å². The minimum atomic E-state index is 0.125. The molecular formula is C18H22ClN3O3. The van der Waals surface area contributed by atoms with Gasteiger partial charge in [0.05, 0.1) is 12.8 Å². The van der Waals surface area contributed by atoms with Gasteiger partial charge in [-0.15, -0.1) is 0 Å². The smallest absolute Gasteiger partial charge is 0.223 e. The van der Waals surface area contributed by atoms with Crippen LogP contribution in [0.4, 0.5) is 5.69 Å². The molecule has 1 amide bonds. The first-order valence-electron chi connectivity index (χ1n) is 8.37. The Labute approximate surface area is 152 Å². The quantitative estimate of drug-likeness (QED) is 0.817. The molecular weight excluding hydrogens is 342 g/mol. The van der Waals surface area contributed by atoms with E-state index in [1.165, 1.54) is 0 Å². The lowest BCUT2D eigenvalue weighted by atomic mass is 10.1. The largest absolute Gasteiger partial charge is 0.495 e. The van der Waals surface area contributed by atoms with Crippen molar-refractivity contribution in [2.45, 2.75) is 25.8 Å². The number of halogens is 1. The summed E-state index contributed by atoms with van der Waals surface area (Å²) in [6, 6.07) is 9.75. The molecule has 0 spiro atoms. The van der Waals surface area contributed by atoms with Crippen LogP contribution >= 0.6 is 11.6 Å². The third-order valence-corrected chi connectivity index (χ3v) is 4.67. The van der Waals surface area contributed by atoms with Gasteiger partial charge >= 0.3 is 0 Å². The van der Waals surface area contributed by atoms with Gasteiger partial charge in [-0.2, -0.15) is 0 Å². The summed E-state index contributed by atoms with van der Waals surface area (Å²) >= 11 is 5.73. The number of nitrogens with zero attached hydrogens (tertiary/aromatic N) is 3. The molecule has 1 aromatic carbocycles. The molecule has 3 rings (SSSR count). The number of aromatic nitrogens is 1. The van der Waals surface area contributed by atoms with E-state index in [4.69, 9.17) is 20.9 Å². The van der Waals surface area contributed by atoms with Gasteiger partial charge in [0, 0.05) is 44.6 Å². The van der Waals surface area contributed by atoms with Crippen molar-refractivity contribution < 1.29 is 14.1 Å². The van der Waals surface area contributed by atoms with Gasteiger partial charge < -0.3 is 19.1 Å². The van der Waals surface area contributed by atoms with Gasteiger partial charge in [0.1, 0.15) is 11.5 Å². The molecule has 0 N–H and O–H groups in total. The van der Waals surface area contributed by atoms with E-state index in [1.54, 1.807) is 13.2 Å². The van der Waals surface area contributed by atoms with Crippen molar-refractivity contribution in [2.75, 3.05) is 31.6 Å². The number of ether oxygens (including phenoxy) is 1. The fraction of sp³-hybridized carbons (Fsp3) is 0.444. The van der Waals surface area contributed by atoms with E-state index in [-0.39, 0.29) is 11.9 Å². The minimum absolute atomic E-state index is 0.125. The number of aryl methyl sites for hydroxylation is 1. The van der Waals surface area contributed by atoms with Crippen LogP contribution in [-0.2, 0) is 11.2 Å². The second kappa shape index (κ2) is 7.78. The summed E-state index contributed by atoms with van der Waals surface area (Å²) < 4.78 is 10.5. The van der Waals surface area contributed by atoms with E-state index in [1.807, 2.05) is 23.1 Å². The van der Waals surface area contributed by atoms with Crippen molar-refractivity contribution in [3.05, 3.63) is 41.2 Å². The summed E-state index contributed by atoms with van der Waals surface area (Å²) in [5.41, 5.74) is 1.07. The van der Waals surface area contributed by atoms with Gasteiger partial charge in [-0.05, 0) is 19.1 Å². The van der Waals surface area contributed by atoms with Crippen molar-refractivity contribution >= 4 is 23.2 Å². The summed E-state index contributed by atoms with van der Waals surface area (Å²) in [4.78, 5) is 16.7. The van der Waals surface area contributed by atoms with Crippen molar-refractivity contribution in [3.63, 3.8) is 0 Å². The third kappa shape index (κ3) is 4.07. The van der Waals surface area contributed by atoms with Crippen LogP contribution in [0.3, 0.4) is 0 Å². The fourth-order valence-corrected chi connectivity index (χ4v) is 3.37. The van der Waals surface area contributed by atoms with Crippen LogP contribution in [0.2, 0.25) is 5.15 Å². The van der Waals surface area contributed by atoms with Gasteiger partial charge in [-0.25, -0.2) is 0 Å². The van der Waals surface area contributed by atoms with Gasteiger partial charge in [0.25, 0.3) is 0 Å². The highest BCUT2D eigenvalue weighted by atomic mass is 35.5. The molecule has 1 atom stereocenters. The lowest BCUT2D eigenvalue weighted by Crippen LogP contribution is -2.54. The Morgan fingerprint density at radius 2 is 2.20 bits per heavy atom. The van der Waals surface area contributed by atoms with Gasteiger partial charge in [0.15, 0.2) is 5.15 Å². The van der Waals surface area contributed by atoms with Crippen molar-refractivity contribution in [2.24, 2.45) is 0 Å². The molecule has 2 aromatic rings.